The van der Waals surface area contributed by atoms with Crippen molar-refractivity contribution in [2.24, 2.45) is 4.99 Å². The molecule has 0 radical (unpaired) electrons. The zero-order valence-corrected chi connectivity index (χ0v) is 10.1. The van der Waals surface area contributed by atoms with Gasteiger partial charge < -0.3 is 5.11 Å². The first-order valence-corrected chi connectivity index (χ1v) is 5.20. The Morgan fingerprint density at radius 3 is 2.33 bits per heavy atom. The van der Waals surface area contributed by atoms with E-state index >= 15 is 0 Å². The molecule has 0 saturated heterocycles. The molecule has 1 N–H and O–H groups in total. The molecule has 0 bridgehead atoms. The molecule has 0 heterocycles. The fourth-order valence-electron chi connectivity index (χ4n) is 1.83. The average molecular weight is 205 g/mol. The Bertz CT molecular complexity index is 392. The van der Waals surface area contributed by atoms with Crippen molar-refractivity contribution < 1.29 is 5.11 Å². The molecule has 0 amide bonds. The third-order valence-corrected chi connectivity index (χ3v) is 2.79. The molecule has 1 unspecified atom stereocenters. The van der Waals surface area contributed by atoms with Crippen molar-refractivity contribution in [3.05, 3.63) is 34.4 Å². The Hall–Kier alpha value is -1.15. The van der Waals surface area contributed by atoms with Crippen molar-refractivity contribution in [3.63, 3.8) is 0 Å². The molecule has 1 atom stereocenters. The number of nitrogens with zero attached hydrogens (tertiary/aromatic N) is 1. The minimum absolute atomic E-state index is 0.422. The van der Waals surface area contributed by atoms with Crippen LogP contribution in [0.25, 0.3) is 0 Å². The summed E-state index contributed by atoms with van der Waals surface area (Å²) in [5, 5.41) is 9.63. The highest BCUT2D eigenvalue weighted by atomic mass is 16.3. The topological polar surface area (TPSA) is 32.6 Å². The second kappa shape index (κ2) is 4.58. The molecular weight excluding hydrogens is 186 g/mol. The molecule has 0 saturated carbocycles. The summed E-state index contributed by atoms with van der Waals surface area (Å²) in [6.07, 6.45) is -0.422. The highest BCUT2D eigenvalue weighted by Gasteiger charge is 2.09. The molecule has 82 valence electrons. The molecule has 1 rings (SSSR count). The fraction of sp³-hybridized carbons (Fsp3) is 0.462. The predicted molar refractivity (Wildman–Crippen MR) is 64.7 cm³/mol. The molecule has 1 aromatic rings. The molecule has 0 aromatic heterocycles. The summed E-state index contributed by atoms with van der Waals surface area (Å²) in [6, 6.07) is 4.14. The quantitative estimate of drug-likeness (QED) is 0.740. The Kier molecular flexibility index (Phi) is 3.64. The van der Waals surface area contributed by atoms with Gasteiger partial charge in [0, 0.05) is 12.8 Å². The van der Waals surface area contributed by atoms with Gasteiger partial charge in [-0.25, -0.2) is 0 Å². The third-order valence-electron chi connectivity index (χ3n) is 2.79. The van der Waals surface area contributed by atoms with Gasteiger partial charge in [-0.05, 0) is 56.0 Å². The lowest BCUT2D eigenvalue weighted by atomic mass is 9.95. The molecule has 0 spiro atoms. The number of benzene rings is 1. The number of aliphatic imine (C=N–C) groups is 1. The first kappa shape index (κ1) is 11.9. The van der Waals surface area contributed by atoms with Crippen molar-refractivity contribution in [1.82, 2.24) is 0 Å². The zero-order chi connectivity index (χ0) is 11.6. The van der Waals surface area contributed by atoms with E-state index in [2.05, 4.69) is 18.0 Å². The van der Waals surface area contributed by atoms with E-state index in [-0.39, 0.29) is 0 Å². The van der Waals surface area contributed by atoms with Gasteiger partial charge in [0.05, 0.1) is 6.10 Å². The molecule has 0 aliphatic heterocycles. The molecule has 0 aliphatic carbocycles. The first-order valence-electron chi connectivity index (χ1n) is 5.20. The molecule has 0 fully saturated rings. The zero-order valence-electron chi connectivity index (χ0n) is 10.1. The Morgan fingerprint density at radius 2 is 1.87 bits per heavy atom. The second-order valence-corrected chi connectivity index (χ2v) is 4.01. The van der Waals surface area contributed by atoms with Crippen LogP contribution in [0.3, 0.4) is 0 Å². The van der Waals surface area contributed by atoms with E-state index in [9.17, 15) is 5.11 Å². The molecule has 2 nitrogen and oxygen atoms in total. The minimum atomic E-state index is -0.422. The summed E-state index contributed by atoms with van der Waals surface area (Å²) < 4.78 is 0. The van der Waals surface area contributed by atoms with E-state index in [4.69, 9.17) is 0 Å². The maximum atomic E-state index is 9.63. The van der Waals surface area contributed by atoms with E-state index in [0.717, 1.165) is 22.4 Å². The molecule has 1 aromatic carbocycles. The first-order chi connectivity index (χ1) is 6.97. The van der Waals surface area contributed by atoms with E-state index in [1.807, 2.05) is 19.9 Å². The summed E-state index contributed by atoms with van der Waals surface area (Å²) in [6.45, 7) is 7.88. The van der Waals surface area contributed by atoms with Gasteiger partial charge in [-0.15, -0.1) is 0 Å². The minimum Gasteiger partial charge on any atom is -0.389 e. The molecule has 15 heavy (non-hydrogen) atoms. The predicted octanol–water partition coefficient (Wildman–Crippen LogP) is 2.80. The Labute approximate surface area is 91.7 Å². The SMILES string of the molecule is CN=C(C)c1cc(C(C)O)c(C)cc1C. The number of aryl methyl sites for hydroxylation is 2. The molecule has 0 aliphatic rings. The van der Waals surface area contributed by atoms with E-state index in [1.165, 1.54) is 5.56 Å². The molecular formula is C13H19NO. The van der Waals surface area contributed by atoms with Crippen LogP contribution in [0.4, 0.5) is 0 Å². The van der Waals surface area contributed by atoms with Gasteiger partial charge in [0.25, 0.3) is 0 Å². The summed E-state index contributed by atoms with van der Waals surface area (Å²) in [7, 11) is 1.79. The third kappa shape index (κ3) is 2.45. The number of aliphatic hydroxyl groups excluding tert-OH is 1. The van der Waals surface area contributed by atoms with Gasteiger partial charge >= 0.3 is 0 Å². The van der Waals surface area contributed by atoms with Crippen LogP contribution in [-0.2, 0) is 0 Å². The van der Waals surface area contributed by atoms with E-state index in [1.54, 1.807) is 14.0 Å². The summed E-state index contributed by atoms with van der Waals surface area (Å²) in [4.78, 5) is 4.18. The van der Waals surface area contributed by atoms with Gasteiger partial charge in [0.2, 0.25) is 0 Å². The van der Waals surface area contributed by atoms with Crippen LogP contribution < -0.4 is 0 Å². The highest BCUT2D eigenvalue weighted by molar-refractivity contribution is 6.00. The lowest BCUT2D eigenvalue weighted by Crippen LogP contribution is -2.03. The van der Waals surface area contributed by atoms with Crippen LogP contribution in [0.5, 0.6) is 0 Å². The lowest BCUT2D eigenvalue weighted by molar-refractivity contribution is 0.198. The Balaban J connectivity index is 3.36. The summed E-state index contributed by atoms with van der Waals surface area (Å²) in [5.41, 5.74) is 5.46. The monoisotopic (exact) mass is 205 g/mol. The van der Waals surface area contributed by atoms with E-state index in [0.29, 0.717) is 0 Å². The number of aliphatic hydroxyl groups is 1. The van der Waals surface area contributed by atoms with Gasteiger partial charge in [-0.1, -0.05) is 6.07 Å². The largest absolute Gasteiger partial charge is 0.389 e. The average Bonchev–Trinajstić information content (AvgIpc) is 2.16. The van der Waals surface area contributed by atoms with Crippen molar-refractivity contribution in [1.29, 1.82) is 0 Å². The molecule has 2 heteroatoms. The van der Waals surface area contributed by atoms with Crippen LogP contribution in [0, 0.1) is 13.8 Å². The van der Waals surface area contributed by atoms with E-state index < -0.39 is 6.10 Å². The van der Waals surface area contributed by atoms with Gasteiger partial charge in [-0.2, -0.15) is 0 Å². The van der Waals surface area contributed by atoms with Crippen molar-refractivity contribution in [2.45, 2.75) is 33.8 Å². The number of hydrogen-bond donors (Lipinski definition) is 1. The van der Waals surface area contributed by atoms with Gasteiger partial charge in [0.15, 0.2) is 0 Å². The van der Waals surface area contributed by atoms with Crippen LogP contribution in [0.15, 0.2) is 17.1 Å². The number of rotatable bonds is 2. The van der Waals surface area contributed by atoms with Crippen LogP contribution in [0.2, 0.25) is 0 Å². The smallest absolute Gasteiger partial charge is 0.0764 e. The van der Waals surface area contributed by atoms with Crippen molar-refractivity contribution in [3.8, 4) is 0 Å². The summed E-state index contributed by atoms with van der Waals surface area (Å²) >= 11 is 0. The Morgan fingerprint density at radius 1 is 1.27 bits per heavy atom. The standard InChI is InChI=1S/C13H19NO/c1-8-6-9(2)13(11(4)15)7-12(8)10(3)14-5/h6-7,11,15H,1-5H3. The van der Waals surface area contributed by atoms with Crippen LogP contribution in [-0.4, -0.2) is 17.9 Å². The normalized spacial score (nSPS) is 14.1. The van der Waals surface area contributed by atoms with Crippen molar-refractivity contribution >= 4 is 5.71 Å². The second-order valence-electron chi connectivity index (χ2n) is 4.01. The maximum absolute atomic E-state index is 9.63. The van der Waals surface area contributed by atoms with Crippen LogP contribution >= 0.6 is 0 Å². The van der Waals surface area contributed by atoms with Crippen molar-refractivity contribution in [2.75, 3.05) is 7.05 Å². The fourth-order valence-corrected chi connectivity index (χ4v) is 1.83. The van der Waals surface area contributed by atoms with Gasteiger partial charge in [0.1, 0.15) is 0 Å². The van der Waals surface area contributed by atoms with Crippen LogP contribution in [0.1, 0.15) is 42.2 Å². The highest BCUT2D eigenvalue weighted by Crippen LogP contribution is 2.22. The summed E-state index contributed by atoms with van der Waals surface area (Å²) in [5.74, 6) is 0. The van der Waals surface area contributed by atoms with Gasteiger partial charge in [-0.3, -0.25) is 4.99 Å². The number of hydrogen-bond acceptors (Lipinski definition) is 2. The maximum Gasteiger partial charge on any atom is 0.0764 e. The lowest BCUT2D eigenvalue weighted by Gasteiger charge is -2.14.